The van der Waals surface area contributed by atoms with Crippen molar-refractivity contribution in [1.29, 1.82) is 0 Å². The molecule has 202 valence electrons. The number of aromatic amines is 2. The van der Waals surface area contributed by atoms with E-state index in [0.29, 0.717) is 37.4 Å². The molecule has 2 N–H and O–H groups in total. The van der Waals surface area contributed by atoms with Crippen LogP contribution in [0.1, 0.15) is 18.4 Å². The number of halogens is 4. The Morgan fingerprint density at radius 2 is 1.92 bits per heavy atom. The number of H-pyrrole nitrogens is 2. The summed E-state index contributed by atoms with van der Waals surface area (Å²) in [5.74, 6) is -1.49. The van der Waals surface area contributed by atoms with Crippen LogP contribution in [-0.4, -0.2) is 65.0 Å². The number of esters is 1. The molecule has 0 aliphatic carbocycles. The molecule has 2 aliphatic rings. The van der Waals surface area contributed by atoms with Crippen LogP contribution < -0.4 is 20.7 Å². The van der Waals surface area contributed by atoms with E-state index in [-0.39, 0.29) is 23.2 Å². The third-order valence-electron chi connectivity index (χ3n) is 6.76. The van der Waals surface area contributed by atoms with Gasteiger partial charge >= 0.3 is 17.8 Å². The van der Waals surface area contributed by atoms with Gasteiger partial charge in [0.05, 0.1) is 10.9 Å². The molecule has 13 heteroatoms. The van der Waals surface area contributed by atoms with E-state index >= 15 is 0 Å². The highest BCUT2D eigenvalue weighted by Gasteiger charge is 2.44. The zero-order chi connectivity index (χ0) is 27.1. The minimum Gasteiger partial charge on any atom is -0.487 e. The molecule has 1 saturated heterocycles. The number of ether oxygens (including phenoxy) is 3. The Morgan fingerprint density at radius 1 is 1.16 bits per heavy atom. The molecule has 9 nitrogen and oxygen atoms in total. The van der Waals surface area contributed by atoms with Crippen LogP contribution in [0.3, 0.4) is 0 Å². The molecule has 0 saturated carbocycles. The highest BCUT2D eigenvalue weighted by atomic mass is 35.5. The number of nitrogens with one attached hydrogen (secondary N) is 2. The van der Waals surface area contributed by atoms with Crippen molar-refractivity contribution in [3.8, 4) is 11.5 Å². The molecule has 1 atom stereocenters. The van der Waals surface area contributed by atoms with Gasteiger partial charge < -0.3 is 19.2 Å². The van der Waals surface area contributed by atoms with Crippen molar-refractivity contribution in [3.05, 3.63) is 67.8 Å². The molecule has 5 rings (SSSR count). The molecule has 3 heterocycles. The fourth-order valence-corrected chi connectivity index (χ4v) is 5.12. The average molecular weight is 554 g/mol. The Morgan fingerprint density at radius 3 is 2.66 bits per heavy atom. The van der Waals surface area contributed by atoms with Gasteiger partial charge in [-0.25, -0.2) is 9.59 Å². The summed E-state index contributed by atoms with van der Waals surface area (Å²) in [7, 11) is 0. The molecule has 1 aromatic heterocycles. The normalized spacial score (nSPS) is 17.7. The average Bonchev–Trinajstić information content (AvgIpc) is 3.20. The number of hydrogen-bond donors (Lipinski definition) is 2. The van der Waals surface area contributed by atoms with E-state index in [1.807, 2.05) is 17.0 Å². The summed E-state index contributed by atoms with van der Waals surface area (Å²) in [5.41, 5.74) is -0.724. The lowest BCUT2D eigenvalue weighted by molar-refractivity contribution is -0.206. The second-order valence-corrected chi connectivity index (χ2v) is 9.87. The Balaban J connectivity index is 1.27. The minimum absolute atomic E-state index is 0.0153. The number of carbonyl (C=O) groups is 1. The third kappa shape index (κ3) is 5.51. The summed E-state index contributed by atoms with van der Waals surface area (Å²) in [6.45, 7) is 0.550. The Hall–Kier alpha value is -3.51. The summed E-state index contributed by atoms with van der Waals surface area (Å²) < 4.78 is 55.6. The smallest absolute Gasteiger partial charge is 0.487 e. The second kappa shape index (κ2) is 9.99. The van der Waals surface area contributed by atoms with Crippen molar-refractivity contribution in [2.24, 2.45) is 0 Å². The molecule has 0 bridgehead atoms. The predicted octanol–water partition coefficient (Wildman–Crippen LogP) is 3.19. The number of rotatable bonds is 6. The first-order chi connectivity index (χ1) is 18.0. The first-order valence-corrected chi connectivity index (χ1v) is 12.2. The highest BCUT2D eigenvalue weighted by Crippen LogP contribution is 2.42. The number of benzene rings is 2. The summed E-state index contributed by atoms with van der Waals surface area (Å²) in [5, 5.41) is 0.752. The van der Waals surface area contributed by atoms with Crippen LogP contribution >= 0.6 is 11.6 Å². The van der Waals surface area contributed by atoms with Crippen molar-refractivity contribution in [2.75, 3.05) is 26.2 Å². The third-order valence-corrected chi connectivity index (χ3v) is 6.99. The fraction of sp³-hybridized carbons (Fsp3) is 0.400. The molecule has 0 amide bonds. The maximum Gasteiger partial charge on any atom is 0.490 e. The molecule has 3 aromatic rings. The van der Waals surface area contributed by atoms with E-state index in [1.165, 1.54) is 18.2 Å². The number of alkyl halides is 3. The van der Waals surface area contributed by atoms with Gasteiger partial charge in [-0.1, -0.05) is 17.7 Å². The van der Waals surface area contributed by atoms with Crippen LogP contribution in [0.5, 0.6) is 11.5 Å². The number of likely N-dealkylation sites (tertiary alicyclic amines) is 1. The van der Waals surface area contributed by atoms with Gasteiger partial charge in [0.1, 0.15) is 29.8 Å². The van der Waals surface area contributed by atoms with E-state index < -0.39 is 41.7 Å². The van der Waals surface area contributed by atoms with Crippen LogP contribution in [0.25, 0.3) is 10.9 Å². The zero-order valence-electron chi connectivity index (χ0n) is 19.9. The van der Waals surface area contributed by atoms with Crippen LogP contribution in [0, 0.1) is 0 Å². The standard InChI is InChI=1S/C25H23ClF3N3O6/c26-15-4-5-18-14(10-15)11-24(38-18)6-8-32(9-7-24)12-16(37-22(34)25(27,28)29)13-36-19-3-1-2-17-20(19)30-23(35)31-21(17)33/h1-5,10,16H,6-9,11-13H2,(H2,30,31,33,35)/t16-/m0/s1. The summed E-state index contributed by atoms with van der Waals surface area (Å²) in [6, 6.07) is 9.87. The maximum absolute atomic E-state index is 13.0. The van der Waals surface area contributed by atoms with Crippen molar-refractivity contribution in [2.45, 2.75) is 37.1 Å². The Bertz CT molecular complexity index is 1480. The van der Waals surface area contributed by atoms with Gasteiger partial charge in [0.15, 0.2) is 0 Å². The van der Waals surface area contributed by atoms with Gasteiger partial charge in [-0.05, 0) is 35.9 Å². The largest absolute Gasteiger partial charge is 0.490 e. The lowest BCUT2D eigenvalue weighted by Crippen LogP contribution is -2.50. The lowest BCUT2D eigenvalue weighted by atomic mass is 9.87. The molecule has 2 aliphatic heterocycles. The molecule has 1 spiro atoms. The molecule has 2 aromatic carbocycles. The van der Waals surface area contributed by atoms with Crippen molar-refractivity contribution in [3.63, 3.8) is 0 Å². The maximum atomic E-state index is 13.0. The number of piperidine rings is 1. The van der Waals surface area contributed by atoms with Gasteiger partial charge in [0.2, 0.25) is 0 Å². The monoisotopic (exact) mass is 553 g/mol. The Labute approximate surface area is 218 Å². The molecule has 0 radical (unpaired) electrons. The Kier molecular flexibility index (Phi) is 6.86. The van der Waals surface area contributed by atoms with Crippen LogP contribution in [0.4, 0.5) is 13.2 Å². The quantitative estimate of drug-likeness (QED) is 0.451. The predicted molar refractivity (Wildman–Crippen MR) is 131 cm³/mol. The van der Waals surface area contributed by atoms with Gasteiger partial charge in [-0.2, -0.15) is 13.2 Å². The zero-order valence-corrected chi connectivity index (χ0v) is 20.7. The van der Waals surface area contributed by atoms with Crippen LogP contribution in [0.15, 0.2) is 46.0 Å². The molecule has 38 heavy (non-hydrogen) atoms. The van der Waals surface area contributed by atoms with E-state index in [2.05, 4.69) is 9.97 Å². The van der Waals surface area contributed by atoms with Gasteiger partial charge in [0, 0.05) is 43.9 Å². The van der Waals surface area contributed by atoms with E-state index in [4.69, 9.17) is 25.8 Å². The fourth-order valence-electron chi connectivity index (χ4n) is 4.92. The summed E-state index contributed by atoms with van der Waals surface area (Å²) in [6.07, 6.45) is -4.53. The van der Waals surface area contributed by atoms with Crippen LogP contribution in [0.2, 0.25) is 5.02 Å². The number of hydrogen-bond acceptors (Lipinski definition) is 7. The van der Waals surface area contributed by atoms with Gasteiger partial charge in [0.25, 0.3) is 5.56 Å². The molecule has 1 fully saturated rings. The van der Waals surface area contributed by atoms with E-state index in [1.54, 1.807) is 6.07 Å². The molecular formula is C25H23ClF3N3O6. The molecule has 0 unspecified atom stereocenters. The lowest BCUT2D eigenvalue weighted by Gasteiger charge is -2.39. The first-order valence-electron chi connectivity index (χ1n) is 11.9. The number of fused-ring (bicyclic) bond motifs is 2. The minimum atomic E-state index is -5.17. The number of para-hydroxylation sites is 1. The van der Waals surface area contributed by atoms with Crippen molar-refractivity contribution in [1.82, 2.24) is 14.9 Å². The highest BCUT2D eigenvalue weighted by molar-refractivity contribution is 6.30. The number of aromatic nitrogens is 2. The molecular weight excluding hydrogens is 531 g/mol. The second-order valence-electron chi connectivity index (χ2n) is 9.44. The van der Waals surface area contributed by atoms with Gasteiger partial charge in [-0.15, -0.1) is 0 Å². The number of nitrogens with zero attached hydrogens (tertiary/aromatic N) is 1. The first kappa shape index (κ1) is 26.1. The van der Waals surface area contributed by atoms with Crippen molar-refractivity contribution < 1.29 is 32.2 Å². The van der Waals surface area contributed by atoms with E-state index in [9.17, 15) is 27.6 Å². The summed E-state index contributed by atoms with van der Waals surface area (Å²) in [4.78, 5) is 41.9. The number of carbonyl (C=O) groups excluding carboxylic acids is 1. The van der Waals surface area contributed by atoms with E-state index in [0.717, 1.165) is 11.3 Å². The summed E-state index contributed by atoms with van der Waals surface area (Å²) >= 11 is 6.09. The van der Waals surface area contributed by atoms with Crippen molar-refractivity contribution >= 4 is 28.5 Å². The van der Waals surface area contributed by atoms with Crippen LogP contribution in [-0.2, 0) is 16.0 Å². The van der Waals surface area contributed by atoms with Gasteiger partial charge in [-0.3, -0.25) is 14.7 Å². The topological polar surface area (TPSA) is 114 Å². The SMILES string of the molecule is O=C(O[C@H](COc1cccc2c(=O)[nH]c(=O)[nH]c12)CN1CCC2(CC1)Cc1cc(Cl)ccc1O2)C(F)(F)F.